The minimum absolute atomic E-state index is 0.0559. The molecule has 2 aliphatic rings. The Labute approximate surface area is 196 Å². The van der Waals surface area contributed by atoms with Crippen molar-refractivity contribution in [3.05, 3.63) is 77.0 Å². The summed E-state index contributed by atoms with van der Waals surface area (Å²) < 4.78 is 28.2. The number of nitriles is 1. The third-order valence-corrected chi connectivity index (χ3v) is 7.18. The van der Waals surface area contributed by atoms with Gasteiger partial charge in [0.2, 0.25) is 0 Å². The molecule has 34 heavy (non-hydrogen) atoms. The van der Waals surface area contributed by atoms with Crippen LogP contribution in [0.2, 0.25) is 0 Å². The molecule has 0 saturated heterocycles. The Morgan fingerprint density at radius 1 is 1.24 bits per heavy atom. The van der Waals surface area contributed by atoms with Gasteiger partial charge < -0.3 is 0 Å². The average Bonchev–Trinajstić information content (AvgIpc) is 2.86. The average molecular weight is 456 g/mol. The summed E-state index contributed by atoms with van der Waals surface area (Å²) in [7, 11) is 0. The van der Waals surface area contributed by atoms with E-state index in [0.29, 0.717) is 41.2 Å². The van der Waals surface area contributed by atoms with Crippen molar-refractivity contribution in [3.8, 4) is 28.7 Å². The largest absolute Gasteiger partial charge is 0.293 e. The lowest BCUT2D eigenvalue weighted by molar-refractivity contribution is -0.121. The van der Waals surface area contributed by atoms with Crippen LogP contribution in [0.15, 0.2) is 54.2 Å². The maximum absolute atomic E-state index is 14.9. The van der Waals surface area contributed by atoms with Gasteiger partial charge in [-0.15, -0.1) is 0 Å². The molecule has 7 heteroatoms. The summed E-state index contributed by atoms with van der Waals surface area (Å²) in [5, 5.41) is 9.63. The summed E-state index contributed by atoms with van der Waals surface area (Å²) in [4.78, 5) is 26.4. The fraction of sp³-hybridized carbons (Fsp3) is 0.296. The number of hydrogen-bond donors (Lipinski definition) is 0. The van der Waals surface area contributed by atoms with Gasteiger partial charge in [0.1, 0.15) is 18.6 Å². The molecular formula is C27H22F2N4O. The standard InChI is InChI=1S/C27H22F2N4O/c1-15-21-8-7-20-23(19-5-3-4-6-22(19)29)32-26(16-9-10-31-18(11-16)13-28)33-25(20)27(21,2)12-17(14-30)24(15)34/h3-6,9-12,15,21H,7-8,13H2,1-2H3/t15-,21-,27-/m1/s1. The first kappa shape index (κ1) is 22.0. The zero-order valence-electron chi connectivity index (χ0n) is 18.8. The Morgan fingerprint density at radius 3 is 2.76 bits per heavy atom. The number of alkyl halides is 1. The molecule has 170 valence electrons. The van der Waals surface area contributed by atoms with Crippen LogP contribution in [0.4, 0.5) is 8.78 Å². The SMILES string of the molecule is C[C@H]1C(=O)C(C#N)=C[C@@]2(C)c3nc(-c4ccnc(CF)c4)nc(-c4ccccc4F)c3CC[C@H]12. The number of pyridine rings is 1. The van der Waals surface area contributed by atoms with Gasteiger partial charge in [-0.1, -0.05) is 32.1 Å². The number of halogens is 2. The minimum Gasteiger partial charge on any atom is -0.293 e. The van der Waals surface area contributed by atoms with E-state index in [-0.39, 0.29) is 28.9 Å². The molecule has 3 aromatic rings. The number of nitrogens with zero attached hydrogens (tertiary/aromatic N) is 4. The number of carbonyl (C=O) groups is 1. The van der Waals surface area contributed by atoms with Crippen molar-refractivity contribution in [1.29, 1.82) is 5.26 Å². The zero-order chi connectivity index (χ0) is 24.0. The third-order valence-electron chi connectivity index (χ3n) is 7.18. The number of carbonyl (C=O) groups excluding carboxylic acids is 1. The molecule has 3 atom stereocenters. The number of allylic oxidation sites excluding steroid dienone is 2. The third kappa shape index (κ3) is 3.33. The van der Waals surface area contributed by atoms with E-state index in [1.54, 1.807) is 36.4 Å². The van der Waals surface area contributed by atoms with Gasteiger partial charge in [-0.05, 0) is 43.0 Å². The molecule has 0 saturated carbocycles. The first-order valence-corrected chi connectivity index (χ1v) is 11.2. The lowest BCUT2D eigenvalue weighted by Crippen LogP contribution is -2.46. The van der Waals surface area contributed by atoms with Gasteiger partial charge in [-0.3, -0.25) is 9.78 Å². The monoisotopic (exact) mass is 456 g/mol. The van der Waals surface area contributed by atoms with Crippen molar-refractivity contribution in [2.75, 3.05) is 0 Å². The summed E-state index contributed by atoms with van der Waals surface area (Å²) in [5.41, 5.74) is 2.55. The molecule has 0 bridgehead atoms. The molecule has 2 heterocycles. The normalized spacial score (nSPS) is 23.5. The molecule has 0 N–H and O–H groups in total. The number of ketones is 1. The maximum atomic E-state index is 14.9. The van der Waals surface area contributed by atoms with Crippen LogP contribution in [0, 0.1) is 29.0 Å². The topological polar surface area (TPSA) is 79.5 Å². The predicted molar refractivity (Wildman–Crippen MR) is 122 cm³/mol. The van der Waals surface area contributed by atoms with E-state index < -0.39 is 17.9 Å². The van der Waals surface area contributed by atoms with Gasteiger partial charge in [0.05, 0.1) is 22.7 Å². The molecule has 0 spiro atoms. The second kappa shape index (κ2) is 8.21. The smallest absolute Gasteiger partial charge is 0.176 e. The summed E-state index contributed by atoms with van der Waals surface area (Å²) in [6.07, 6.45) is 4.49. The lowest BCUT2D eigenvalue weighted by atomic mass is 9.57. The molecule has 5 nitrogen and oxygen atoms in total. The van der Waals surface area contributed by atoms with Gasteiger partial charge in [-0.2, -0.15) is 5.26 Å². The van der Waals surface area contributed by atoms with E-state index in [0.717, 1.165) is 5.56 Å². The van der Waals surface area contributed by atoms with Crippen LogP contribution in [-0.2, 0) is 23.3 Å². The highest BCUT2D eigenvalue weighted by atomic mass is 19.1. The molecular weight excluding hydrogens is 434 g/mol. The van der Waals surface area contributed by atoms with E-state index in [9.17, 15) is 18.8 Å². The van der Waals surface area contributed by atoms with Crippen LogP contribution in [0.5, 0.6) is 0 Å². The van der Waals surface area contributed by atoms with E-state index in [1.807, 2.05) is 19.9 Å². The fourth-order valence-electron chi connectivity index (χ4n) is 5.47. The van der Waals surface area contributed by atoms with Gasteiger partial charge in [-0.25, -0.2) is 18.7 Å². The molecule has 5 rings (SSSR count). The molecule has 1 aromatic carbocycles. The Morgan fingerprint density at radius 2 is 2.03 bits per heavy atom. The quantitative estimate of drug-likeness (QED) is 0.534. The number of aromatic nitrogens is 3. The highest BCUT2D eigenvalue weighted by molar-refractivity contribution is 6.02. The highest BCUT2D eigenvalue weighted by Crippen LogP contribution is 2.51. The first-order valence-electron chi connectivity index (χ1n) is 11.2. The Balaban J connectivity index is 1.83. The van der Waals surface area contributed by atoms with Crippen molar-refractivity contribution in [1.82, 2.24) is 15.0 Å². The maximum Gasteiger partial charge on any atom is 0.176 e. The minimum atomic E-state index is -0.730. The van der Waals surface area contributed by atoms with Gasteiger partial charge in [0.25, 0.3) is 0 Å². The Hall–Kier alpha value is -3.79. The Kier molecular flexibility index (Phi) is 5.32. The van der Waals surface area contributed by atoms with Crippen molar-refractivity contribution < 1.29 is 13.6 Å². The van der Waals surface area contributed by atoms with Crippen molar-refractivity contribution >= 4 is 5.78 Å². The van der Waals surface area contributed by atoms with Crippen LogP contribution in [0.3, 0.4) is 0 Å². The first-order chi connectivity index (χ1) is 16.4. The number of rotatable bonds is 3. The zero-order valence-corrected chi connectivity index (χ0v) is 18.8. The van der Waals surface area contributed by atoms with Crippen molar-refractivity contribution in [2.45, 2.75) is 38.8 Å². The van der Waals surface area contributed by atoms with Crippen LogP contribution in [0.25, 0.3) is 22.6 Å². The summed E-state index contributed by atoms with van der Waals surface area (Å²) >= 11 is 0. The van der Waals surface area contributed by atoms with Gasteiger partial charge >= 0.3 is 0 Å². The van der Waals surface area contributed by atoms with Crippen LogP contribution < -0.4 is 0 Å². The van der Waals surface area contributed by atoms with Crippen molar-refractivity contribution in [2.24, 2.45) is 11.8 Å². The van der Waals surface area contributed by atoms with Crippen LogP contribution >= 0.6 is 0 Å². The summed E-state index contributed by atoms with van der Waals surface area (Å²) in [6.45, 7) is 3.11. The number of benzene rings is 1. The van der Waals surface area contributed by atoms with Crippen molar-refractivity contribution in [3.63, 3.8) is 0 Å². The van der Waals surface area contributed by atoms with Gasteiger partial charge in [0, 0.05) is 34.2 Å². The van der Waals surface area contributed by atoms with E-state index >= 15 is 0 Å². The molecule has 2 aromatic heterocycles. The van der Waals surface area contributed by atoms with Gasteiger partial charge in [0.15, 0.2) is 11.6 Å². The van der Waals surface area contributed by atoms with Crippen LogP contribution in [-0.4, -0.2) is 20.7 Å². The predicted octanol–water partition coefficient (Wildman–Crippen LogP) is 5.30. The summed E-state index contributed by atoms with van der Waals surface area (Å²) in [5.74, 6) is -0.626. The number of hydrogen-bond acceptors (Lipinski definition) is 5. The molecule has 0 radical (unpaired) electrons. The van der Waals surface area contributed by atoms with E-state index in [4.69, 9.17) is 9.97 Å². The highest BCUT2D eigenvalue weighted by Gasteiger charge is 2.49. The van der Waals surface area contributed by atoms with E-state index in [2.05, 4.69) is 4.98 Å². The second-order valence-electron chi connectivity index (χ2n) is 9.12. The lowest BCUT2D eigenvalue weighted by Gasteiger charge is -2.45. The second-order valence-corrected chi connectivity index (χ2v) is 9.12. The fourth-order valence-corrected chi connectivity index (χ4v) is 5.47. The molecule has 2 aliphatic carbocycles. The molecule has 0 aliphatic heterocycles. The Bertz CT molecular complexity index is 1390. The van der Waals surface area contributed by atoms with Crippen LogP contribution in [0.1, 0.15) is 37.2 Å². The molecule has 0 fully saturated rings. The number of fused-ring (bicyclic) bond motifs is 3. The number of Topliss-reactive ketones (excluding diaryl/α,β-unsaturated/α-hetero) is 1. The summed E-state index contributed by atoms with van der Waals surface area (Å²) in [6, 6.07) is 11.8. The molecule has 0 unspecified atom stereocenters. The molecule has 0 amide bonds. The van der Waals surface area contributed by atoms with E-state index in [1.165, 1.54) is 12.3 Å².